The molecule has 0 spiro atoms. The Bertz CT molecular complexity index is 440. The molecule has 2 rings (SSSR count). The van der Waals surface area contributed by atoms with E-state index in [1.165, 1.54) is 0 Å². The van der Waals surface area contributed by atoms with Gasteiger partial charge in [0.05, 0.1) is 12.3 Å². The third-order valence-corrected chi connectivity index (χ3v) is 2.28. The summed E-state index contributed by atoms with van der Waals surface area (Å²) < 4.78 is 6.94. The predicted molar refractivity (Wildman–Crippen MR) is 57.9 cm³/mol. The molecule has 0 aliphatic heterocycles. The number of anilines is 1. The number of rotatable bonds is 4. The second-order valence-electron chi connectivity index (χ2n) is 3.36. The molecule has 0 bridgehead atoms. The van der Waals surface area contributed by atoms with Gasteiger partial charge in [0.2, 0.25) is 0 Å². The van der Waals surface area contributed by atoms with Crippen LogP contribution in [0.4, 0.5) is 5.82 Å². The highest BCUT2D eigenvalue weighted by Gasteiger charge is 2.04. The van der Waals surface area contributed by atoms with Crippen molar-refractivity contribution >= 4 is 11.3 Å². The van der Waals surface area contributed by atoms with Crippen LogP contribution in [0.3, 0.4) is 0 Å². The van der Waals surface area contributed by atoms with Gasteiger partial charge in [-0.05, 0) is 13.0 Å². The molecule has 0 aromatic carbocycles. The minimum atomic E-state index is 0.162. The SMILES string of the molecule is COC(C)CNc1nccn2nccc12. The van der Waals surface area contributed by atoms with Crippen molar-refractivity contribution in [1.29, 1.82) is 0 Å². The Morgan fingerprint density at radius 2 is 2.40 bits per heavy atom. The Hall–Kier alpha value is -1.62. The smallest absolute Gasteiger partial charge is 0.152 e. The zero-order valence-corrected chi connectivity index (χ0v) is 8.84. The summed E-state index contributed by atoms with van der Waals surface area (Å²) >= 11 is 0. The second-order valence-corrected chi connectivity index (χ2v) is 3.36. The van der Waals surface area contributed by atoms with Gasteiger partial charge in [-0.1, -0.05) is 0 Å². The van der Waals surface area contributed by atoms with Crippen LogP contribution in [-0.2, 0) is 4.74 Å². The van der Waals surface area contributed by atoms with Crippen molar-refractivity contribution in [3.8, 4) is 0 Å². The summed E-state index contributed by atoms with van der Waals surface area (Å²) in [6.07, 6.45) is 5.46. The molecule has 2 aromatic heterocycles. The average Bonchev–Trinajstić information content (AvgIpc) is 2.74. The molecule has 1 atom stereocenters. The minimum Gasteiger partial charge on any atom is -0.380 e. The van der Waals surface area contributed by atoms with E-state index >= 15 is 0 Å². The molecule has 0 fully saturated rings. The molecule has 2 aromatic rings. The van der Waals surface area contributed by atoms with Crippen LogP contribution in [0.2, 0.25) is 0 Å². The van der Waals surface area contributed by atoms with Crippen LogP contribution in [0.15, 0.2) is 24.7 Å². The lowest BCUT2D eigenvalue weighted by molar-refractivity contribution is 0.128. The summed E-state index contributed by atoms with van der Waals surface area (Å²) in [5.74, 6) is 0.832. The van der Waals surface area contributed by atoms with Gasteiger partial charge in [0.15, 0.2) is 5.82 Å². The van der Waals surface area contributed by atoms with E-state index in [1.54, 1.807) is 24.0 Å². The first-order valence-electron chi connectivity index (χ1n) is 4.86. The number of fused-ring (bicyclic) bond motifs is 1. The fourth-order valence-corrected chi connectivity index (χ4v) is 1.32. The molecule has 1 N–H and O–H groups in total. The summed E-state index contributed by atoms with van der Waals surface area (Å²) in [4.78, 5) is 4.26. The van der Waals surface area contributed by atoms with E-state index in [9.17, 15) is 0 Å². The first-order valence-corrected chi connectivity index (χ1v) is 4.86. The number of aromatic nitrogens is 3. The Kier molecular flexibility index (Phi) is 2.82. The van der Waals surface area contributed by atoms with Crippen molar-refractivity contribution in [2.75, 3.05) is 19.0 Å². The van der Waals surface area contributed by atoms with Crippen molar-refractivity contribution in [1.82, 2.24) is 14.6 Å². The maximum atomic E-state index is 5.15. The first-order chi connectivity index (χ1) is 7.31. The monoisotopic (exact) mass is 206 g/mol. The lowest BCUT2D eigenvalue weighted by Gasteiger charge is -2.11. The zero-order chi connectivity index (χ0) is 10.7. The molecule has 0 amide bonds. The normalized spacial score (nSPS) is 12.9. The van der Waals surface area contributed by atoms with Crippen molar-refractivity contribution in [3.05, 3.63) is 24.7 Å². The number of nitrogens with one attached hydrogen (secondary N) is 1. The molecule has 0 aliphatic carbocycles. The third-order valence-electron chi connectivity index (χ3n) is 2.28. The molecule has 0 saturated carbocycles. The van der Waals surface area contributed by atoms with Crippen LogP contribution in [-0.4, -0.2) is 34.4 Å². The quantitative estimate of drug-likeness (QED) is 0.816. The average molecular weight is 206 g/mol. The van der Waals surface area contributed by atoms with Gasteiger partial charge in [0.25, 0.3) is 0 Å². The molecule has 5 nitrogen and oxygen atoms in total. The Morgan fingerprint density at radius 1 is 1.53 bits per heavy atom. The van der Waals surface area contributed by atoms with E-state index in [4.69, 9.17) is 4.74 Å². The highest BCUT2D eigenvalue weighted by Crippen LogP contribution is 2.11. The van der Waals surface area contributed by atoms with Crippen LogP contribution < -0.4 is 5.32 Å². The summed E-state index contributed by atoms with van der Waals surface area (Å²) in [6.45, 7) is 2.73. The highest BCUT2D eigenvalue weighted by molar-refractivity contribution is 5.66. The number of hydrogen-bond acceptors (Lipinski definition) is 4. The summed E-state index contributed by atoms with van der Waals surface area (Å²) in [5, 5.41) is 7.36. The second kappa shape index (κ2) is 4.27. The highest BCUT2D eigenvalue weighted by atomic mass is 16.5. The Balaban J connectivity index is 2.17. The van der Waals surface area contributed by atoms with E-state index in [0.717, 1.165) is 17.9 Å². The third kappa shape index (κ3) is 2.07. The molecule has 80 valence electrons. The number of nitrogens with zero attached hydrogens (tertiary/aromatic N) is 3. The van der Waals surface area contributed by atoms with Gasteiger partial charge in [-0.3, -0.25) is 0 Å². The minimum absolute atomic E-state index is 0.162. The van der Waals surface area contributed by atoms with E-state index in [-0.39, 0.29) is 6.10 Å². The van der Waals surface area contributed by atoms with Crippen molar-refractivity contribution < 1.29 is 4.74 Å². The van der Waals surface area contributed by atoms with Gasteiger partial charge >= 0.3 is 0 Å². The fourth-order valence-electron chi connectivity index (χ4n) is 1.32. The van der Waals surface area contributed by atoms with Crippen molar-refractivity contribution in [2.24, 2.45) is 0 Å². The molecule has 0 radical (unpaired) electrons. The first kappa shape index (κ1) is 9.92. The molecule has 0 aliphatic rings. The van der Waals surface area contributed by atoms with Crippen molar-refractivity contribution in [2.45, 2.75) is 13.0 Å². The largest absolute Gasteiger partial charge is 0.380 e. The standard InChI is InChI=1S/C10H14N4O/c1-8(15-2)7-12-10-9-3-4-13-14(9)6-5-11-10/h3-6,8H,7H2,1-2H3,(H,11,12). The van der Waals surface area contributed by atoms with E-state index in [2.05, 4.69) is 15.4 Å². The molecule has 0 saturated heterocycles. The predicted octanol–water partition coefficient (Wildman–Crippen LogP) is 1.18. The Morgan fingerprint density at radius 3 is 3.20 bits per heavy atom. The summed E-state index contributed by atoms with van der Waals surface area (Å²) in [6, 6.07) is 1.92. The Labute approximate surface area is 88.1 Å². The lowest BCUT2D eigenvalue weighted by atomic mass is 10.4. The van der Waals surface area contributed by atoms with Gasteiger partial charge in [-0.2, -0.15) is 5.10 Å². The van der Waals surface area contributed by atoms with Crippen molar-refractivity contribution in [3.63, 3.8) is 0 Å². The molecule has 5 heteroatoms. The number of methoxy groups -OCH3 is 1. The van der Waals surface area contributed by atoms with Crippen LogP contribution in [0.5, 0.6) is 0 Å². The van der Waals surface area contributed by atoms with Gasteiger partial charge in [0, 0.05) is 26.0 Å². The van der Waals surface area contributed by atoms with Crippen LogP contribution >= 0.6 is 0 Å². The molecule has 1 unspecified atom stereocenters. The molecular formula is C10H14N4O. The van der Waals surface area contributed by atoms with E-state index in [0.29, 0.717) is 0 Å². The van der Waals surface area contributed by atoms with Crippen LogP contribution in [0.1, 0.15) is 6.92 Å². The lowest BCUT2D eigenvalue weighted by Crippen LogP contribution is -2.19. The summed E-state index contributed by atoms with van der Waals surface area (Å²) in [7, 11) is 1.69. The molecule has 15 heavy (non-hydrogen) atoms. The zero-order valence-electron chi connectivity index (χ0n) is 8.84. The maximum Gasteiger partial charge on any atom is 0.152 e. The fraction of sp³-hybridized carbons (Fsp3) is 0.400. The number of ether oxygens (including phenoxy) is 1. The maximum absolute atomic E-state index is 5.15. The van der Waals surface area contributed by atoms with E-state index in [1.807, 2.05) is 19.2 Å². The number of hydrogen-bond donors (Lipinski definition) is 1. The van der Waals surface area contributed by atoms with Gasteiger partial charge < -0.3 is 10.1 Å². The molecular weight excluding hydrogens is 192 g/mol. The summed E-state index contributed by atoms with van der Waals surface area (Å²) in [5.41, 5.74) is 0.973. The van der Waals surface area contributed by atoms with E-state index < -0.39 is 0 Å². The van der Waals surface area contributed by atoms with Gasteiger partial charge in [-0.25, -0.2) is 9.50 Å². The topological polar surface area (TPSA) is 51.5 Å². The van der Waals surface area contributed by atoms with Gasteiger partial charge in [0.1, 0.15) is 5.52 Å². The van der Waals surface area contributed by atoms with Crippen LogP contribution in [0, 0.1) is 0 Å². The molecule has 2 heterocycles. The van der Waals surface area contributed by atoms with Crippen LogP contribution in [0.25, 0.3) is 5.52 Å². The van der Waals surface area contributed by atoms with Gasteiger partial charge in [-0.15, -0.1) is 0 Å².